The minimum Gasteiger partial charge on any atom is -0.340 e. The van der Waals surface area contributed by atoms with Gasteiger partial charge in [0.2, 0.25) is 5.91 Å². The van der Waals surface area contributed by atoms with Crippen LogP contribution in [0.5, 0.6) is 0 Å². The van der Waals surface area contributed by atoms with E-state index in [1.54, 1.807) is 18.1 Å². The SMILES string of the molecule is CN1C[C@H]2[C@H](C(=O)N(C)Cc3ccccn3)CCS(=O)(=O)[C@H]2C1. The first kappa shape index (κ1) is 16.4. The molecule has 126 valence electrons. The molecule has 2 fully saturated rings. The number of pyridine rings is 1. The average molecular weight is 337 g/mol. The Balaban J connectivity index is 1.74. The van der Waals surface area contributed by atoms with Crippen LogP contribution in [-0.2, 0) is 21.2 Å². The lowest BCUT2D eigenvalue weighted by Crippen LogP contribution is -2.47. The molecular weight excluding hydrogens is 314 g/mol. The van der Waals surface area contributed by atoms with Crippen LogP contribution in [0.2, 0.25) is 0 Å². The molecule has 3 atom stereocenters. The summed E-state index contributed by atoms with van der Waals surface area (Å²) in [6.45, 7) is 1.68. The molecular formula is C16H23N3O3S. The number of hydrogen-bond acceptors (Lipinski definition) is 5. The Morgan fingerprint density at radius 3 is 2.87 bits per heavy atom. The molecule has 7 heteroatoms. The third-order valence-electron chi connectivity index (χ3n) is 5.00. The monoisotopic (exact) mass is 337 g/mol. The molecule has 3 rings (SSSR count). The van der Waals surface area contributed by atoms with Crippen molar-refractivity contribution >= 4 is 15.7 Å². The summed E-state index contributed by atoms with van der Waals surface area (Å²) in [6, 6.07) is 5.63. The molecule has 2 saturated heterocycles. The van der Waals surface area contributed by atoms with Crippen LogP contribution in [0.4, 0.5) is 0 Å². The van der Waals surface area contributed by atoms with Gasteiger partial charge in [-0.15, -0.1) is 0 Å². The van der Waals surface area contributed by atoms with E-state index in [0.29, 0.717) is 26.1 Å². The van der Waals surface area contributed by atoms with E-state index in [-0.39, 0.29) is 23.5 Å². The van der Waals surface area contributed by atoms with Gasteiger partial charge in [0.25, 0.3) is 0 Å². The number of sulfone groups is 1. The third-order valence-corrected chi connectivity index (χ3v) is 7.23. The minimum absolute atomic E-state index is 0.0378. The number of amides is 1. The molecule has 0 unspecified atom stereocenters. The number of hydrogen-bond donors (Lipinski definition) is 0. The van der Waals surface area contributed by atoms with Crippen LogP contribution in [0, 0.1) is 11.8 Å². The fourth-order valence-electron chi connectivity index (χ4n) is 3.82. The summed E-state index contributed by atoms with van der Waals surface area (Å²) in [5, 5.41) is -0.390. The van der Waals surface area contributed by atoms with Crippen LogP contribution in [0.1, 0.15) is 12.1 Å². The first-order valence-electron chi connectivity index (χ1n) is 7.93. The predicted molar refractivity (Wildman–Crippen MR) is 87.4 cm³/mol. The number of carbonyl (C=O) groups is 1. The molecule has 1 amide bonds. The van der Waals surface area contributed by atoms with Crippen molar-refractivity contribution in [2.24, 2.45) is 11.8 Å². The summed E-state index contributed by atoms with van der Waals surface area (Å²) in [4.78, 5) is 20.8. The molecule has 2 aliphatic rings. The summed E-state index contributed by atoms with van der Waals surface area (Å²) < 4.78 is 24.6. The Bertz CT molecular complexity index is 677. The van der Waals surface area contributed by atoms with Crippen molar-refractivity contribution in [3.8, 4) is 0 Å². The lowest BCUT2D eigenvalue weighted by atomic mass is 9.87. The van der Waals surface area contributed by atoms with E-state index < -0.39 is 15.1 Å². The van der Waals surface area contributed by atoms with Gasteiger partial charge in [0.15, 0.2) is 9.84 Å². The van der Waals surface area contributed by atoms with Gasteiger partial charge in [-0.25, -0.2) is 8.42 Å². The summed E-state index contributed by atoms with van der Waals surface area (Å²) in [5.74, 6) is -0.133. The summed E-state index contributed by atoms with van der Waals surface area (Å²) in [7, 11) is 0.626. The van der Waals surface area contributed by atoms with Crippen molar-refractivity contribution in [2.45, 2.75) is 18.2 Å². The molecule has 0 bridgehead atoms. The number of fused-ring (bicyclic) bond motifs is 1. The van der Waals surface area contributed by atoms with Crippen LogP contribution >= 0.6 is 0 Å². The van der Waals surface area contributed by atoms with Gasteiger partial charge in [-0.1, -0.05) is 6.07 Å². The Morgan fingerprint density at radius 1 is 1.39 bits per heavy atom. The zero-order chi connectivity index (χ0) is 16.6. The number of likely N-dealkylation sites (tertiary alicyclic amines) is 1. The number of aromatic nitrogens is 1. The molecule has 0 saturated carbocycles. The van der Waals surface area contributed by atoms with Gasteiger partial charge >= 0.3 is 0 Å². The van der Waals surface area contributed by atoms with Crippen molar-refractivity contribution in [1.29, 1.82) is 0 Å². The maximum Gasteiger partial charge on any atom is 0.226 e. The molecule has 1 aromatic rings. The Labute approximate surface area is 137 Å². The zero-order valence-electron chi connectivity index (χ0n) is 13.6. The van der Waals surface area contributed by atoms with E-state index in [4.69, 9.17) is 0 Å². The molecule has 0 aliphatic carbocycles. The van der Waals surface area contributed by atoms with E-state index in [1.165, 1.54) is 0 Å². The second-order valence-electron chi connectivity index (χ2n) is 6.70. The lowest BCUT2D eigenvalue weighted by Gasteiger charge is -2.34. The molecule has 0 N–H and O–H groups in total. The molecule has 23 heavy (non-hydrogen) atoms. The highest BCUT2D eigenvalue weighted by atomic mass is 32.2. The predicted octanol–water partition coefficient (Wildman–Crippen LogP) is 0.405. The normalized spacial score (nSPS) is 29.9. The maximum atomic E-state index is 12.8. The number of carbonyl (C=O) groups excluding carboxylic acids is 1. The minimum atomic E-state index is -3.07. The van der Waals surface area contributed by atoms with Gasteiger partial charge in [-0.05, 0) is 25.6 Å². The molecule has 6 nitrogen and oxygen atoms in total. The maximum absolute atomic E-state index is 12.8. The number of rotatable bonds is 3. The van der Waals surface area contributed by atoms with Gasteiger partial charge in [-0.2, -0.15) is 0 Å². The van der Waals surface area contributed by atoms with Crippen LogP contribution in [0.15, 0.2) is 24.4 Å². The van der Waals surface area contributed by atoms with E-state index in [1.807, 2.05) is 30.1 Å². The Hall–Kier alpha value is -1.47. The fraction of sp³-hybridized carbons (Fsp3) is 0.625. The van der Waals surface area contributed by atoms with Crippen LogP contribution in [0.25, 0.3) is 0 Å². The molecule has 0 radical (unpaired) electrons. The van der Waals surface area contributed by atoms with E-state index in [0.717, 1.165) is 5.69 Å². The standard InChI is InChI=1S/C16H23N3O3S/c1-18-10-14-13(6-8-23(21,22)15(14)11-18)16(20)19(2)9-12-5-3-4-7-17-12/h3-5,7,13-15H,6,8-11H2,1-2H3/t13-,14+,15+/m1/s1. The highest BCUT2D eigenvalue weighted by Crippen LogP contribution is 2.37. The molecule has 0 spiro atoms. The molecule has 1 aromatic heterocycles. The van der Waals surface area contributed by atoms with Crippen LogP contribution in [0.3, 0.4) is 0 Å². The van der Waals surface area contributed by atoms with E-state index in [9.17, 15) is 13.2 Å². The third kappa shape index (κ3) is 3.26. The average Bonchev–Trinajstić information content (AvgIpc) is 2.91. The van der Waals surface area contributed by atoms with Crippen LogP contribution < -0.4 is 0 Å². The highest BCUT2D eigenvalue weighted by Gasteiger charge is 2.50. The van der Waals surface area contributed by atoms with Crippen molar-refractivity contribution in [1.82, 2.24) is 14.8 Å². The molecule has 0 aromatic carbocycles. The molecule has 2 aliphatic heterocycles. The largest absolute Gasteiger partial charge is 0.340 e. The zero-order valence-corrected chi connectivity index (χ0v) is 14.4. The quantitative estimate of drug-likeness (QED) is 0.799. The summed E-state index contributed by atoms with van der Waals surface area (Å²) in [5.41, 5.74) is 0.840. The fourth-order valence-corrected chi connectivity index (χ4v) is 5.99. The van der Waals surface area contributed by atoms with E-state index in [2.05, 4.69) is 4.98 Å². The van der Waals surface area contributed by atoms with Crippen molar-refractivity contribution < 1.29 is 13.2 Å². The molecule has 3 heterocycles. The van der Waals surface area contributed by atoms with Gasteiger partial charge in [-0.3, -0.25) is 9.78 Å². The van der Waals surface area contributed by atoms with Crippen molar-refractivity contribution in [3.05, 3.63) is 30.1 Å². The second kappa shape index (κ2) is 6.20. The first-order valence-corrected chi connectivity index (χ1v) is 9.65. The first-order chi connectivity index (χ1) is 10.9. The summed E-state index contributed by atoms with van der Waals surface area (Å²) >= 11 is 0. The van der Waals surface area contributed by atoms with E-state index >= 15 is 0 Å². The van der Waals surface area contributed by atoms with Gasteiger partial charge in [0, 0.05) is 38.2 Å². The van der Waals surface area contributed by atoms with Gasteiger partial charge in [0.05, 0.1) is 23.2 Å². The van der Waals surface area contributed by atoms with Crippen molar-refractivity contribution in [3.63, 3.8) is 0 Å². The topological polar surface area (TPSA) is 70.6 Å². The summed E-state index contributed by atoms with van der Waals surface area (Å²) in [6.07, 6.45) is 2.14. The van der Waals surface area contributed by atoms with Gasteiger partial charge in [0.1, 0.15) is 0 Å². The Morgan fingerprint density at radius 2 is 2.17 bits per heavy atom. The smallest absolute Gasteiger partial charge is 0.226 e. The lowest BCUT2D eigenvalue weighted by molar-refractivity contribution is -0.136. The van der Waals surface area contributed by atoms with Crippen LogP contribution in [-0.4, -0.2) is 67.3 Å². The highest BCUT2D eigenvalue weighted by molar-refractivity contribution is 7.92. The number of nitrogens with zero attached hydrogens (tertiary/aromatic N) is 3. The Kier molecular flexibility index (Phi) is 4.42. The second-order valence-corrected chi connectivity index (χ2v) is 9.04. The van der Waals surface area contributed by atoms with Gasteiger partial charge < -0.3 is 9.80 Å². The van der Waals surface area contributed by atoms with Crippen molar-refractivity contribution in [2.75, 3.05) is 32.9 Å².